The van der Waals surface area contributed by atoms with Crippen LogP contribution in [0.1, 0.15) is 11.3 Å². The van der Waals surface area contributed by atoms with E-state index in [9.17, 15) is 0 Å². The van der Waals surface area contributed by atoms with Crippen LogP contribution in [0.4, 0.5) is 0 Å². The first-order valence-corrected chi connectivity index (χ1v) is 3.79. The molecule has 0 aromatic carbocycles. The number of rotatable bonds is 1. The molecule has 6 heteroatoms. The predicted molar refractivity (Wildman–Crippen MR) is 48.0 cm³/mol. The summed E-state index contributed by atoms with van der Waals surface area (Å²) in [6.07, 6.45) is 1.58. The monoisotopic (exact) mass is 288 g/mol. The number of aliphatic hydroxyl groups is 2. The van der Waals surface area contributed by atoms with Crippen molar-refractivity contribution in [1.82, 2.24) is 4.98 Å². The zero-order valence-corrected chi connectivity index (χ0v) is 12.6. The normalized spacial score (nSPS) is 7.50. The van der Waals surface area contributed by atoms with Crippen molar-refractivity contribution >= 4 is 11.6 Å². The Bertz CT molecular complexity index is 249. The summed E-state index contributed by atoms with van der Waals surface area (Å²) in [5, 5.41) is 16.4. The minimum Gasteiger partial charge on any atom is -1.00 e. The Morgan fingerprint density at radius 1 is 1.43 bits per heavy atom. The fourth-order valence-corrected chi connectivity index (χ4v) is 0.877. The summed E-state index contributed by atoms with van der Waals surface area (Å²) in [6, 6.07) is 1.70. The van der Waals surface area contributed by atoms with Gasteiger partial charge in [0.05, 0.1) is 12.3 Å². The second-order valence-corrected chi connectivity index (χ2v) is 2.43. The Morgan fingerprint density at radius 3 is 2.29 bits per heavy atom. The van der Waals surface area contributed by atoms with Crippen molar-refractivity contribution in [2.75, 3.05) is 7.11 Å². The van der Waals surface area contributed by atoms with Crippen LogP contribution in [0.25, 0.3) is 0 Å². The van der Waals surface area contributed by atoms with Crippen molar-refractivity contribution in [3.63, 3.8) is 0 Å². The van der Waals surface area contributed by atoms with Crippen molar-refractivity contribution in [2.24, 2.45) is 0 Å². The smallest absolute Gasteiger partial charge is 1.00 e. The van der Waals surface area contributed by atoms with E-state index in [-0.39, 0.29) is 38.5 Å². The molecule has 3 nitrogen and oxygen atoms in total. The van der Waals surface area contributed by atoms with Crippen LogP contribution in [0.5, 0.6) is 0 Å². The van der Waals surface area contributed by atoms with Crippen LogP contribution < -0.4 is 12.4 Å². The van der Waals surface area contributed by atoms with Gasteiger partial charge in [0.2, 0.25) is 0 Å². The third-order valence-electron chi connectivity index (χ3n) is 1.39. The molecule has 0 radical (unpaired) electrons. The Hall–Kier alpha value is 0.273. The van der Waals surface area contributed by atoms with Gasteiger partial charge in [-0.2, -0.15) is 0 Å². The number of pyridine rings is 1. The topological polar surface area (TPSA) is 53.4 Å². The van der Waals surface area contributed by atoms with Gasteiger partial charge in [0.25, 0.3) is 0 Å². The van der Waals surface area contributed by atoms with Gasteiger partial charge in [-0.1, -0.05) is 11.6 Å². The third kappa shape index (κ3) is 5.89. The van der Waals surface area contributed by atoms with E-state index < -0.39 is 0 Å². The second-order valence-electron chi connectivity index (χ2n) is 2.02. The summed E-state index contributed by atoms with van der Waals surface area (Å²) in [4.78, 5) is 3.92. The van der Waals surface area contributed by atoms with Crippen molar-refractivity contribution in [1.29, 1.82) is 0 Å². The molecule has 0 aliphatic rings. The maximum Gasteiger partial charge on any atom is 2.00 e. The first-order valence-electron chi connectivity index (χ1n) is 3.41. The fourth-order valence-electron chi connectivity index (χ4n) is 0.712. The molecule has 1 rings (SSSR count). The molecular formula is C8H12Cl2NO2Zn+. The minimum absolute atomic E-state index is 0. The predicted octanol–water partition coefficient (Wildman–Crippen LogP) is -1.85. The Labute approximate surface area is 108 Å². The Kier molecular flexibility index (Phi) is 16.0. The van der Waals surface area contributed by atoms with Gasteiger partial charge in [0.1, 0.15) is 0 Å². The molecule has 0 aliphatic carbocycles. The number of nitrogens with zero attached hydrogens (tertiary/aromatic N) is 1. The van der Waals surface area contributed by atoms with Crippen LogP contribution in [-0.4, -0.2) is 22.3 Å². The van der Waals surface area contributed by atoms with Gasteiger partial charge in [-0.3, -0.25) is 4.98 Å². The van der Waals surface area contributed by atoms with E-state index in [0.717, 1.165) is 12.7 Å². The van der Waals surface area contributed by atoms with Gasteiger partial charge in [-0.05, 0) is 18.6 Å². The molecule has 0 atom stereocenters. The molecule has 1 aromatic heterocycles. The first kappa shape index (κ1) is 19.8. The third-order valence-corrected chi connectivity index (χ3v) is 1.80. The Morgan fingerprint density at radius 2 is 1.93 bits per heavy atom. The van der Waals surface area contributed by atoms with Gasteiger partial charge in [0.15, 0.2) is 0 Å². The van der Waals surface area contributed by atoms with E-state index in [4.69, 9.17) is 21.8 Å². The van der Waals surface area contributed by atoms with Crippen molar-refractivity contribution < 1.29 is 42.1 Å². The Balaban J connectivity index is -0.000000284. The van der Waals surface area contributed by atoms with Gasteiger partial charge < -0.3 is 22.6 Å². The minimum atomic E-state index is -0.0492. The molecule has 1 aromatic rings. The van der Waals surface area contributed by atoms with Crippen LogP contribution in [0.15, 0.2) is 12.3 Å². The maximum atomic E-state index is 8.72. The van der Waals surface area contributed by atoms with Crippen LogP contribution in [0.3, 0.4) is 0 Å². The zero-order chi connectivity index (χ0) is 9.56. The molecule has 2 N–H and O–H groups in total. The number of hydrogen-bond donors (Lipinski definition) is 2. The van der Waals surface area contributed by atoms with E-state index >= 15 is 0 Å². The summed E-state index contributed by atoms with van der Waals surface area (Å²) in [5.41, 5.74) is 1.50. The first-order chi connectivity index (χ1) is 5.75. The molecule has 0 fully saturated rings. The van der Waals surface area contributed by atoms with E-state index in [1.54, 1.807) is 12.3 Å². The number of aliphatic hydroxyl groups excluding tert-OH is 2. The molecule has 0 spiro atoms. The van der Waals surface area contributed by atoms with Crippen molar-refractivity contribution in [3.05, 3.63) is 28.5 Å². The van der Waals surface area contributed by atoms with Gasteiger partial charge in [-0.25, -0.2) is 0 Å². The van der Waals surface area contributed by atoms with E-state index in [2.05, 4.69) is 4.98 Å². The van der Waals surface area contributed by atoms with E-state index in [0.29, 0.717) is 10.7 Å². The van der Waals surface area contributed by atoms with Crippen LogP contribution in [0.2, 0.25) is 5.02 Å². The molecule has 0 unspecified atom stereocenters. The van der Waals surface area contributed by atoms with Gasteiger partial charge in [0, 0.05) is 18.3 Å². The molecule has 0 amide bonds. The average molecular weight is 290 g/mol. The summed E-state index contributed by atoms with van der Waals surface area (Å²) >= 11 is 5.74. The van der Waals surface area contributed by atoms with E-state index in [1.807, 2.05) is 6.92 Å². The van der Waals surface area contributed by atoms with E-state index in [1.165, 1.54) is 0 Å². The molecule has 0 saturated carbocycles. The largest absolute Gasteiger partial charge is 2.00 e. The second kappa shape index (κ2) is 11.3. The molecule has 14 heavy (non-hydrogen) atoms. The molecular weight excluding hydrogens is 278 g/mol. The number of aromatic nitrogens is 1. The maximum absolute atomic E-state index is 8.72. The van der Waals surface area contributed by atoms with Gasteiger partial charge in [-0.15, -0.1) is 0 Å². The van der Waals surface area contributed by atoms with Crippen LogP contribution in [-0.2, 0) is 26.1 Å². The molecule has 0 saturated heterocycles. The molecule has 76 valence electrons. The summed E-state index contributed by atoms with van der Waals surface area (Å²) < 4.78 is 0. The number of halogens is 2. The SMILES string of the molecule is CO.Cc1c(Cl)ccnc1CO.[Cl-].[Zn+2]. The fraction of sp³-hybridized carbons (Fsp3) is 0.375. The standard InChI is InChI=1S/C7H8ClNO.CH4O.ClH.Zn/c1-5-6(8)2-3-9-7(5)4-10;1-2;;/h2-3,10H,4H2,1H3;2H,1H3;1H;/q;;;+2/p-1. The van der Waals surface area contributed by atoms with Crippen LogP contribution >= 0.6 is 11.6 Å². The zero-order valence-electron chi connectivity index (χ0n) is 8.17. The summed E-state index contributed by atoms with van der Waals surface area (Å²) in [6.45, 7) is 1.78. The van der Waals surface area contributed by atoms with Crippen molar-refractivity contribution in [2.45, 2.75) is 13.5 Å². The molecule has 0 aliphatic heterocycles. The quantitative estimate of drug-likeness (QED) is 0.597. The van der Waals surface area contributed by atoms with Crippen molar-refractivity contribution in [3.8, 4) is 0 Å². The van der Waals surface area contributed by atoms with Crippen LogP contribution in [0, 0.1) is 6.92 Å². The molecule has 1 heterocycles. The summed E-state index contributed by atoms with van der Waals surface area (Å²) in [5.74, 6) is 0. The summed E-state index contributed by atoms with van der Waals surface area (Å²) in [7, 11) is 1.00. The van der Waals surface area contributed by atoms with Gasteiger partial charge >= 0.3 is 19.5 Å². The number of hydrogen-bond acceptors (Lipinski definition) is 3. The molecule has 0 bridgehead atoms. The average Bonchev–Trinajstić information content (AvgIpc) is 2.13.